The van der Waals surface area contributed by atoms with Crippen LogP contribution in [0.1, 0.15) is 27.8 Å². The molecule has 0 bridgehead atoms. The summed E-state index contributed by atoms with van der Waals surface area (Å²) in [6.45, 7) is 0. The van der Waals surface area contributed by atoms with Crippen LogP contribution in [0.5, 0.6) is 0 Å². The third kappa shape index (κ3) is 2.85. The first kappa shape index (κ1) is 16.7. The number of oxazole rings is 1. The maximum Gasteiger partial charge on any atom is 0.417 e. The van der Waals surface area contributed by atoms with Gasteiger partial charge in [-0.25, -0.2) is 13.6 Å². The molecule has 0 atom stereocenters. The zero-order valence-electron chi connectivity index (χ0n) is 14.8. The van der Waals surface area contributed by atoms with Gasteiger partial charge in [-0.15, -0.1) is 0 Å². The van der Waals surface area contributed by atoms with Crippen molar-refractivity contribution >= 4 is 22.7 Å². The van der Waals surface area contributed by atoms with Crippen molar-refractivity contribution in [3.8, 4) is 0 Å². The van der Waals surface area contributed by atoms with Gasteiger partial charge in [0.25, 0.3) is 0 Å². The van der Waals surface area contributed by atoms with Gasteiger partial charge in [0.05, 0.1) is 5.52 Å². The summed E-state index contributed by atoms with van der Waals surface area (Å²) in [6, 6.07) is 14.9. The van der Waals surface area contributed by atoms with Crippen LogP contribution in [0, 0.1) is 11.6 Å². The molecule has 0 radical (unpaired) electrons. The monoisotopic (exact) mass is 375 g/mol. The van der Waals surface area contributed by atoms with Gasteiger partial charge >= 0.3 is 5.76 Å². The lowest BCUT2D eigenvalue weighted by Crippen LogP contribution is -1.94. The molecule has 1 aromatic heterocycles. The van der Waals surface area contributed by atoms with Gasteiger partial charge in [-0.2, -0.15) is 0 Å². The van der Waals surface area contributed by atoms with Crippen molar-refractivity contribution < 1.29 is 13.2 Å². The smallest absolute Gasteiger partial charge is 0.408 e. The van der Waals surface area contributed by atoms with Gasteiger partial charge in [0.15, 0.2) is 5.58 Å². The minimum absolute atomic E-state index is 0.285. The highest BCUT2D eigenvalue weighted by molar-refractivity contribution is 5.95. The van der Waals surface area contributed by atoms with Crippen LogP contribution in [0.15, 0.2) is 63.8 Å². The Labute approximate surface area is 158 Å². The van der Waals surface area contributed by atoms with Gasteiger partial charge < -0.3 is 4.42 Å². The number of halogens is 2. The van der Waals surface area contributed by atoms with Crippen LogP contribution in [0.25, 0.3) is 22.7 Å². The lowest BCUT2D eigenvalue weighted by molar-refractivity contribution is 0.555. The molecule has 28 heavy (non-hydrogen) atoms. The molecule has 1 aliphatic rings. The Hall–Kier alpha value is -3.47. The summed E-state index contributed by atoms with van der Waals surface area (Å²) < 4.78 is 32.7. The lowest BCUT2D eigenvalue weighted by Gasteiger charge is -2.12. The molecule has 0 fully saturated rings. The molecule has 5 heteroatoms. The molecule has 1 aliphatic carbocycles. The Kier molecular flexibility index (Phi) is 3.76. The summed E-state index contributed by atoms with van der Waals surface area (Å²) >= 11 is 0. The maximum atomic E-state index is 13.8. The number of aromatic nitrogens is 1. The molecular formula is C23H15F2NO2. The molecule has 0 spiro atoms. The Morgan fingerprint density at radius 1 is 0.857 bits per heavy atom. The second-order valence-electron chi connectivity index (χ2n) is 6.93. The van der Waals surface area contributed by atoms with Crippen molar-refractivity contribution in [2.75, 3.05) is 0 Å². The van der Waals surface area contributed by atoms with Crippen molar-refractivity contribution in [1.29, 1.82) is 0 Å². The van der Waals surface area contributed by atoms with Crippen LogP contribution in [0.2, 0.25) is 0 Å². The summed E-state index contributed by atoms with van der Waals surface area (Å²) in [4.78, 5) is 14.1. The fraction of sp³-hybridized carbons (Fsp3) is 0.0870. The minimum Gasteiger partial charge on any atom is -0.408 e. The van der Waals surface area contributed by atoms with E-state index < -0.39 is 5.76 Å². The Morgan fingerprint density at radius 3 is 2.14 bits per heavy atom. The van der Waals surface area contributed by atoms with Gasteiger partial charge in [0.1, 0.15) is 11.6 Å². The summed E-state index contributed by atoms with van der Waals surface area (Å²) in [5.74, 6) is -1.07. The van der Waals surface area contributed by atoms with Gasteiger partial charge in [-0.05, 0) is 88.7 Å². The fourth-order valence-corrected chi connectivity index (χ4v) is 3.86. The first-order valence-electron chi connectivity index (χ1n) is 8.99. The molecule has 4 aromatic rings. The first-order valence-corrected chi connectivity index (χ1v) is 8.99. The standard InChI is InChI=1S/C23H15F2NO2/c24-16-4-6-18-14(11-16)2-3-15-12-17(25)5-7-19(15)20(18)9-13-1-8-22-21(10-13)26-23(27)28-22/h1,4-12H,2-3H2,(H,26,27). The number of H-pyrrole nitrogens is 1. The van der Waals surface area contributed by atoms with Crippen LogP contribution in [-0.4, -0.2) is 4.98 Å². The van der Waals surface area contributed by atoms with Crippen LogP contribution in [0.3, 0.4) is 0 Å². The molecule has 0 saturated carbocycles. The summed E-state index contributed by atoms with van der Waals surface area (Å²) in [7, 11) is 0. The van der Waals surface area contributed by atoms with Gasteiger partial charge in [-0.1, -0.05) is 18.2 Å². The Balaban J connectivity index is 1.75. The molecule has 138 valence electrons. The number of hydrogen-bond donors (Lipinski definition) is 1. The highest BCUT2D eigenvalue weighted by Gasteiger charge is 2.19. The number of hydrogen-bond acceptors (Lipinski definition) is 2. The van der Waals surface area contributed by atoms with E-state index in [2.05, 4.69) is 4.98 Å². The van der Waals surface area contributed by atoms with E-state index in [9.17, 15) is 13.6 Å². The second kappa shape index (κ2) is 6.30. The number of nitrogens with one attached hydrogen (secondary N) is 1. The van der Waals surface area contributed by atoms with Crippen molar-refractivity contribution in [3.63, 3.8) is 0 Å². The van der Waals surface area contributed by atoms with Gasteiger partial charge in [-0.3, -0.25) is 4.98 Å². The van der Waals surface area contributed by atoms with Crippen LogP contribution in [-0.2, 0) is 12.8 Å². The fourth-order valence-electron chi connectivity index (χ4n) is 3.86. The predicted octanol–water partition coefficient (Wildman–Crippen LogP) is 5.09. The van der Waals surface area contributed by atoms with Gasteiger partial charge in [0.2, 0.25) is 0 Å². The zero-order chi connectivity index (χ0) is 19.3. The number of aryl methyl sites for hydroxylation is 2. The zero-order valence-corrected chi connectivity index (χ0v) is 14.8. The van der Waals surface area contributed by atoms with Crippen molar-refractivity contribution in [3.05, 3.63) is 105 Å². The van der Waals surface area contributed by atoms with Crippen molar-refractivity contribution in [1.82, 2.24) is 4.98 Å². The summed E-state index contributed by atoms with van der Waals surface area (Å²) in [6.07, 6.45) is 3.24. The van der Waals surface area contributed by atoms with E-state index in [1.165, 1.54) is 12.1 Å². The maximum absolute atomic E-state index is 13.8. The van der Waals surface area contributed by atoms with E-state index in [-0.39, 0.29) is 11.6 Å². The first-order chi connectivity index (χ1) is 13.6. The SMILES string of the molecule is O=c1[nH]c2cc(C=C3c4ccc(F)cc4CCc4cc(F)ccc43)ccc2o1. The highest BCUT2D eigenvalue weighted by atomic mass is 19.1. The number of aromatic amines is 1. The van der Waals surface area contributed by atoms with E-state index in [4.69, 9.17) is 4.42 Å². The van der Waals surface area contributed by atoms with Crippen molar-refractivity contribution in [2.24, 2.45) is 0 Å². The van der Waals surface area contributed by atoms with Gasteiger partial charge in [0, 0.05) is 0 Å². The van der Waals surface area contributed by atoms with E-state index in [0.29, 0.717) is 23.9 Å². The summed E-state index contributed by atoms with van der Waals surface area (Å²) in [5, 5.41) is 0. The summed E-state index contributed by atoms with van der Waals surface area (Å²) in [5.41, 5.74) is 6.46. The molecule has 1 heterocycles. The molecule has 1 N–H and O–H groups in total. The highest BCUT2D eigenvalue weighted by Crippen LogP contribution is 2.35. The molecule has 3 nitrogen and oxygen atoms in total. The van der Waals surface area contributed by atoms with Crippen LogP contribution >= 0.6 is 0 Å². The van der Waals surface area contributed by atoms with Crippen molar-refractivity contribution in [2.45, 2.75) is 12.8 Å². The molecule has 0 aliphatic heterocycles. The lowest BCUT2D eigenvalue weighted by atomic mass is 9.92. The third-order valence-corrected chi connectivity index (χ3v) is 5.13. The molecule has 0 saturated heterocycles. The number of benzene rings is 3. The van der Waals surface area contributed by atoms with E-state index >= 15 is 0 Å². The average Bonchev–Trinajstić information content (AvgIpc) is 2.97. The number of fused-ring (bicyclic) bond motifs is 3. The second-order valence-corrected chi connectivity index (χ2v) is 6.93. The Bertz CT molecular complexity index is 1260. The average molecular weight is 375 g/mol. The number of rotatable bonds is 1. The van der Waals surface area contributed by atoms with E-state index in [1.54, 1.807) is 30.3 Å². The third-order valence-electron chi connectivity index (χ3n) is 5.13. The quantitative estimate of drug-likeness (QED) is 0.504. The van der Waals surface area contributed by atoms with Crippen LogP contribution < -0.4 is 5.76 Å². The molecule has 0 amide bonds. The Morgan fingerprint density at radius 2 is 1.50 bits per heavy atom. The van der Waals surface area contributed by atoms with Crippen LogP contribution in [0.4, 0.5) is 8.78 Å². The molecular weight excluding hydrogens is 360 g/mol. The normalized spacial score (nSPS) is 13.1. The predicted molar refractivity (Wildman–Crippen MR) is 104 cm³/mol. The topological polar surface area (TPSA) is 46.0 Å². The van der Waals surface area contributed by atoms with E-state index in [1.807, 2.05) is 18.2 Å². The molecule has 5 rings (SSSR count). The molecule has 3 aromatic carbocycles. The molecule has 0 unspecified atom stereocenters. The minimum atomic E-state index is -0.504. The van der Waals surface area contributed by atoms with E-state index in [0.717, 1.165) is 33.4 Å². The largest absolute Gasteiger partial charge is 0.417 e.